The maximum Gasteiger partial charge on any atom is 0.311 e. The van der Waals surface area contributed by atoms with Crippen molar-refractivity contribution in [3.63, 3.8) is 0 Å². The Hall–Kier alpha value is -2.24. The number of hydrogen-bond donors (Lipinski definition) is 3. The third-order valence-corrected chi connectivity index (χ3v) is 9.70. The fourth-order valence-corrected chi connectivity index (χ4v) is 6.97. The van der Waals surface area contributed by atoms with E-state index >= 15 is 0 Å². The number of rotatable bonds is 7. The molecule has 1 aromatic carbocycles. The molecule has 3 heterocycles. The number of aliphatic hydroxyl groups is 2. The van der Waals surface area contributed by atoms with Crippen LogP contribution in [0.4, 0.5) is 0 Å². The van der Waals surface area contributed by atoms with Crippen LogP contribution in [-0.2, 0) is 33.3 Å². The number of aromatic hydroxyl groups is 1. The van der Waals surface area contributed by atoms with E-state index in [-0.39, 0.29) is 36.5 Å². The standard InChI is InChI=1S/C32H48O10/c1-18(11-12-24(38-7)22-9-8-10-23(34)13-22)29-20(3)26-16-32(41-29)30(5,6)15-19(2)31(37,42-32)17-28(36)39-25(21(4)33)14-27(35)40-26/h8-10,13,18-21,24-26,29,33-34,37H,11-12,14-17H2,1-7H3/t18-,19+,20-,21-,24+,25+,26-,29+,31+,32-/m1/s1. The van der Waals surface area contributed by atoms with Gasteiger partial charge in [-0.05, 0) is 49.8 Å². The highest BCUT2D eigenvalue weighted by molar-refractivity contribution is 5.73. The van der Waals surface area contributed by atoms with E-state index < -0.39 is 65.7 Å². The molecule has 1 spiro atoms. The molecule has 0 unspecified atom stereocenters. The summed E-state index contributed by atoms with van der Waals surface area (Å²) < 4.78 is 30.6. The van der Waals surface area contributed by atoms with Crippen molar-refractivity contribution in [2.45, 2.75) is 122 Å². The predicted molar refractivity (Wildman–Crippen MR) is 152 cm³/mol. The van der Waals surface area contributed by atoms with Crippen LogP contribution in [0.1, 0.15) is 91.7 Å². The van der Waals surface area contributed by atoms with Gasteiger partial charge in [-0.15, -0.1) is 0 Å². The van der Waals surface area contributed by atoms with E-state index in [1.165, 1.54) is 6.92 Å². The second-order valence-corrected chi connectivity index (χ2v) is 13.4. The van der Waals surface area contributed by atoms with E-state index in [9.17, 15) is 24.9 Å². The first kappa shape index (κ1) is 32.7. The van der Waals surface area contributed by atoms with Gasteiger partial charge in [0.05, 0.1) is 31.2 Å². The number of benzene rings is 1. The average Bonchev–Trinajstić information content (AvgIpc) is 2.88. The minimum atomic E-state index is -1.88. The number of cyclic esters (lactones) is 1. The average molecular weight is 593 g/mol. The molecule has 3 N–H and O–H groups in total. The fourth-order valence-electron chi connectivity index (χ4n) is 6.97. The van der Waals surface area contributed by atoms with Gasteiger partial charge in [0.25, 0.3) is 0 Å². The van der Waals surface area contributed by atoms with Crippen LogP contribution in [0.25, 0.3) is 0 Å². The van der Waals surface area contributed by atoms with Gasteiger partial charge in [0.15, 0.2) is 11.6 Å². The first-order valence-electron chi connectivity index (χ1n) is 15.1. The minimum Gasteiger partial charge on any atom is -0.508 e. The molecule has 10 nitrogen and oxygen atoms in total. The molecule has 4 rings (SSSR count). The van der Waals surface area contributed by atoms with Gasteiger partial charge < -0.3 is 39.0 Å². The van der Waals surface area contributed by atoms with Gasteiger partial charge >= 0.3 is 11.9 Å². The molecule has 0 amide bonds. The number of phenolic OH excluding ortho intramolecular Hbond substituents is 1. The van der Waals surface area contributed by atoms with Crippen LogP contribution in [0.5, 0.6) is 5.75 Å². The molecule has 0 aromatic heterocycles. The molecular weight excluding hydrogens is 544 g/mol. The highest BCUT2D eigenvalue weighted by Crippen LogP contribution is 2.57. The SMILES string of the molecule is CO[C@@H](CC[C@@H](C)[C@@H]1O[C@]23C[C@@H](OC(=O)C[C@@H]([C@@H](C)O)OC(=O)C[C@](O)(O2)[C@@H](C)CC3(C)C)[C@H]1C)c1cccc(O)c1. The zero-order valence-corrected chi connectivity index (χ0v) is 25.9. The minimum absolute atomic E-state index is 0.0386. The summed E-state index contributed by atoms with van der Waals surface area (Å²) in [5, 5.41) is 32.0. The van der Waals surface area contributed by atoms with Crippen molar-refractivity contribution in [2.75, 3.05) is 7.11 Å². The summed E-state index contributed by atoms with van der Waals surface area (Å²) in [6.07, 6.45) is -2.25. The fraction of sp³-hybridized carbons (Fsp3) is 0.750. The molecule has 0 aliphatic carbocycles. The Labute approximate surface area is 248 Å². The van der Waals surface area contributed by atoms with Crippen LogP contribution in [0, 0.1) is 23.2 Å². The lowest BCUT2D eigenvalue weighted by molar-refractivity contribution is -0.452. The lowest BCUT2D eigenvalue weighted by atomic mass is 9.66. The van der Waals surface area contributed by atoms with Crippen molar-refractivity contribution in [3.8, 4) is 5.75 Å². The number of ether oxygens (including phenoxy) is 5. The second kappa shape index (κ2) is 12.4. The Morgan fingerprint density at radius 2 is 1.79 bits per heavy atom. The topological polar surface area (TPSA) is 141 Å². The zero-order chi connectivity index (χ0) is 31.0. The predicted octanol–water partition coefficient (Wildman–Crippen LogP) is 4.39. The summed E-state index contributed by atoms with van der Waals surface area (Å²) in [6.45, 7) is 11.3. The molecular formula is C32H48O10. The lowest BCUT2D eigenvalue weighted by Gasteiger charge is -2.61. The van der Waals surface area contributed by atoms with E-state index in [4.69, 9.17) is 23.7 Å². The van der Waals surface area contributed by atoms with Crippen molar-refractivity contribution in [2.24, 2.45) is 23.2 Å². The van der Waals surface area contributed by atoms with Crippen molar-refractivity contribution < 1.29 is 48.6 Å². The summed E-state index contributed by atoms with van der Waals surface area (Å²) in [5.74, 6) is -5.11. The number of hydrogen-bond acceptors (Lipinski definition) is 10. The van der Waals surface area contributed by atoms with Gasteiger partial charge in [0.1, 0.15) is 18.0 Å². The highest BCUT2D eigenvalue weighted by Gasteiger charge is 2.64. The van der Waals surface area contributed by atoms with Gasteiger partial charge in [-0.2, -0.15) is 0 Å². The first-order valence-corrected chi connectivity index (χ1v) is 15.1. The summed E-state index contributed by atoms with van der Waals surface area (Å²) >= 11 is 0. The molecule has 3 aliphatic rings. The van der Waals surface area contributed by atoms with Gasteiger partial charge in [-0.25, -0.2) is 0 Å². The Morgan fingerprint density at radius 1 is 1.07 bits per heavy atom. The summed E-state index contributed by atoms with van der Waals surface area (Å²) in [6, 6.07) is 7.01. The van der Waals surface area contributed by atoms with Crippen LogP contribution in [0.3, 0.4) is 0 Å². The summed E-state index contributed by atoms with van der Waals surface area (Å²) in [5.41, 5.74) is 0.268. The molecule has 10 atom stereocenters. The van der Waals surface area contributed by atoms with E-state index in [1.807, 2.05) is 33.8 Å². The van der Waals surface area contributed by atoms with Crippen molar-refractivity contribution in [1.82, 2.24) is 0 Å². The monoisotopic (exact) mass is 592 g/mol. The summed E-state index contributed by atoms with van der Waals surface area (Å²) in [4.78, 5) is 26.1. The van der Waals surface area contributed by atoms with E-state index in [0.29, 0.717) is 19.3 Å². The molecule has 3 fully saturated rings. The Morgan fingerprint density at radius 3 is 2.43 bits per heavy atom. The maximum absolute atomic E-state index is 13.1. The molecule has 1 aromatic rings. The number of carbonyl (C=O) groups is 2. The molecule has 42 heavy (non-hydrogen) atoms. The number of carbonyl (C=O) groups excluding carboxylic acids is 2. The van der Waals surface area contributed by atoms with Crippen molar-refractivity contribution >= 4 is 11.9 Å². The molecule has 3 bridgehead atoms. The number of esters is 2. The third-order valence-electron chi connectivity index (χ3n) is 9.70. The second-order valence-electron chi connectivity index (χ2n) is 13.4. The third kappa shape index (κ3) is 6.63. The smallest absolute Gasteiger partial charge is 0.311 e. The summed E-state index contributed by atoms with van der Waals surface area (Å²) in [7, 11) is 1.64. The molecule has 236 valence electrons. The van der Waals surface area contributed by atoms with Crippen LogP contribution in [0.15, 0.2) is 24.3 Å². The molecule has 3 aliphatic heterocycles. The van der Waals surface area contributed by atoms with Crippen LogP contribution < -0.4 is 0 Å². The Balaban J connectivity index is 1.66. The van der Waals surface area contributed by atoms with Gasteiger partial charge in [-0.1, -0.05) is 46.8 Å². The highest BCUT2D eigenvalue weighted by atomic mass is 16.8. The van der Waals surface area contributed by atoms with Crippen LogP contribution in [-0.4, -0.2) is 70.4 Å². The Bertz CT molecular complexity index is 1120. The Kier molecular flexibility index (Phi) is 9.65. The van der Waals surface area contributed by atoms with E-state index in [2.05, 4.69) is 6.92 Å². The molecule has 3 saturated heterocycles. The van der Waals surface area contributed by atoms with Crippen LogP contribution >= 0.6 is 0 Å². The van der Waals surface area contributed by atoms with Crippen LogP contribution in [0.2, 0.25) is 0 Å². The zero-order valence-electron chi connectivity index (χ0n) is 25.9. The van der Waals surface area contributed by atoms with Gasteiger partial charge in [-0.3, -0.25) is 9.59 Å². The quantitative estimate of drug-likeness (QED) is 0.391. The van der Waals surface area contributed by atoms with E-state index in [1.54, 1.807) is 25.3 Å². The van der Waals surface area contributed by atoms with Crippen molar-refractivity contribution in [3.05, 3.63) is 29.8 Å². The first-order chi connectivity index (χ1) is 19.6. The molecule has 10 heteroatoms. The number of methoxy groups -OCH3 is 1. The lowest BCUT2D eigenvalue weighted by Crippen LogP contribution is -2.68. The number of fused-ring (bicyclic) bond motifs is 2. The largest absolute Gasteiger partial charge is 0.508 e. The molecule has 0 saturated carbocycles. The van der Waals surface area contributed by atoms with Gasteiger partial charge in [0.2, 0.25) is 0 Å². The van der Waals surface area contributed by atoms with Gasteiger partial charge in [0, 0.05) is 30.8 Å². The maximum atomic E-state index is 13.1. The number of aliphatic hydroxyl groups excluding tert-OH is 1. The molecule has 0 radical (unpaired) electrons. The van der Waals surface area contributed by atoms with Crippen molar-refractivity contribution in [1.29, 1.82) is 0 Å². The van der Waals surface area contributed by atoms with E-state index in [0.717, 1.165) is 5.56 Å². The normalized spacial score (nSPS) is 37.3. The number of phenols is 1.